The van der Waals surface area contributed by atoms with Gasteiger partial charge in [-0.25, -0.2) is 0 Å². The van der Waals surface area contributed by atoms with Crippen LogP contribution in [0.5, 0.6) is 0 Å². The fourth-order valence-electron chi connectivity index (χ4n) is 1.83. The third-order valence-electron chi connectivity index (χ3n) is 2.58. The molecule has 1 atom stereocenters. The van der Waals surface area contributed by atoms with Crippen molar-refractivity contribution in [3.8, 4) is 0 Å². The van der Waals surface area contributed by atoms with Gasteiger partial charge in [0, 0.05) is 6.54 Å². The summed E-state index contributed by atoms with van der Waals surface area (Å²) in [6, 6.07) is 3.30. The third kappa shape index (κ3) is 1.53. The molecule has 1 amide bonds. The Morgan fingerprint density at radius 2 is 2.57 bits per heavy atom. The molecule has 76 valence electrons. The molecule has 4 nitrogen and oxygen atoms in total. The van der Waals surface area contributed by atoms with Gasteiger partial charge in [-0.15, -0.1) is 0 Å². The van der Waals surface area contributed by atoms with Gasteiger partial charge in [0.05, 0.1) is 18.9 Å². The van der Waals surface area contributed by atoms with E-state index in [1.807, 2.05) is 0 Å². The summed E-state index contributed by atoms with van der Waals surface area (Å²) in [6.07, 6.45) is 3.32. The molecule has 1 saturated heterocycles. The Morgan fingerprint density at radius 1 is 1.71 bits per heavy atom. The summed E-state index contributed by atoms with van der Waals surface area (Å²) in [4.78, 5) is 13.5. The largest absolute Gasteiger partial charge is 0.459 e. The number of aliphatic hydroxyl groups excluding tert-OH is 1. The summed E-state index contributed by atoms with van der Waals surface area (Å²) in [5.74, 6) is 0.233. The highest BCUT2D eigenvalue weighted by molar-refractivity contribution is 5.91. The van der Waals surface area contributed by atoms with Crippen molar-refractivity contribution in [2.75, 3.05) is 13.2 Å². The number of rotatable bonds is 2. The van der Waals surface area contributed by atoms with Crippen molar-refractivity contribution in [2.45, 2.75) is 18.9 Å². The number of furan rings is 1. The van der Waals surface area contributed by atoms with Gasteiger partial charge in [-0.1, -0.05) is 0 Å². The van der Waals surface area contributed by atoms with E-state index in [0.29, 0.717) is 12.3 Å². The van der Waals surface area contributed by atoms with E-state index in [9.17, 15) is 4.79 Å². The molecule has 0 unspecified atom stereocenters. The smallest absolute Gasteiger partial charge is 0.289 e. The molecular formula is C10H13NO3. The van der Waals surface area contributed by atoms with Gasteiger partial charge in [0.1, 0.15) is 0 Å². The van der Waals surface area contributed by atoms with Crippen LogP contribution in [0.4, 0.5) is 0 Å². The van der Waals surface area contributed by atoms with Gasteiger partial charge in [0.15, 0.2) is 5.76 Å². The predicted molar refractivity (Wildman–Crippen MR) is 49.9 cm³/mol. The summed E-state index contributed by atoms with van der Waals surface area (Å²) >= 11 is 0. The van der Waals surface area contributed by atoms with E-state index < -0.39 is 0 Å². The zero-order chi connectivity index (χ0) is 9.97. The molecule has 1 aliphatic heterocycles. The van der Waals surface area contributed by atoms with Crippen LogP contribution in [0, 0.1) is 0 Å². The van der Waals surface area contributed by atoms with Crippen LogP contribution < -0.4 is 0 Å². The topological polar surface area (TPSA) is 53.7 Å². The Labute approximate surface area is 82.1 Å². The molecule has 0 bridgehead atoms. The number of carbonyl (C=O) groups excluding carboxylic acids is 1. The second-order valence-electron chi connectivity index (χ2n) is 3.45. The van der Waals surface area contributed by atoms with E-state index in [4.69, 9.17) is 9.52 Å². The normalized spacial score (nSPS) is 21.5. The van der Waals surface area contributed by atoms with Crippen molar-refractivity contribution in [3.63, 3.8) is 0 Å². The number of aliphatic hydroxyl groups is 1. The summed E-state index contributed by atoms with van der Waals surface area (Å²) in [7, 11) is 0. The number of hydrogen-bond acceptors (Lipinski definition) is 3. The Kier molecular flexibility index (Phi) is 2.54. The second kappa shape index (κ2) is 3.84. The van der Waals surface area contributed by atoms with Crippen LogP contribution >= 0.6 is 0 Å². The molecule has 2 rings (SSSR count). The molecule has 0 aromatic carbocycles. The highest BCUT2D eigenvalue weighted by Gasteiger charge is 2.29. The fraction of sp³-hybridized carbons (Fsp3) is 0.500. The molecule has 14 heavy (non-hydrogen) atoms. The van der Waals surface area contributed by atoms with Gasteiger partial charge in [-0.05, 0) is 25.0 Å². The van der Waals surface area contributed by atoms with Crippen LogP contribution in [0.25, 0.3) is 0 Å². The molecule has 0 aliphatic carbocycles. The molecule has 4 heteroatoms. The Hall–Kier alpha value is -1.29. The lowest BCUT2D eigenvalue weighted by molar-refractivity contribution is 0.0646. The van der Waals surface area contributed by atoms with Gasteiger partial charge in [-0.2, -0.15) is 0 Å². The summed E-state index contributed by atoms with van der Waals surface area (Å²) in [5, 5.41) is 9.06. The number of hydrogen-bond donors (Lipinski definition) is 1. The van der Waals surface area contributed by atoms with Crippen molar-refractivity contribution >= 4 is 5.91 Å². The van der Waals surface area contributed by atoms with E-state index in [0.717, 1.165) is 12.8 Å². The quantitative estimate of drug-likeness (QED) is 0.762. The minimum absolute atomic E-state index is 0.0342. The van der Waals surface area contributed by atoms with Crippen LogP contribution in [0.2, 0.25) is 0 Å². The molecule has 1 fully saturated rings. The lowest BCUT2D eigenvalue weighted by atomic mass is 10.2. The Balaban J connectivity index is 2.11. The molecule has 1 aliphatic rings. The van der Waals surface area contributed by atoms with E-state index >= 15 is 0 Å². The highest BCUT2D eigenvalue weighted by atomic mass is 16.3. The van der Waals surface area contributed by atoms with Crippen molar-refractivity contribution in [1.29, 1.82) is 0 Å². The first-order valence-corrected chi connectivity index (χ1v) is 4.78. The average Bonchev–Trinajstić information content (AvgIpc) is 2.87. The molecule has 2 heterocycles. The van der Waals surface area contributed by atoms with Crippen molar-refractivity contribution in [2.24, 2.45) is 0 Å². The van der Waals surface area contributed by atoms with E-state index in [-0.39, 0.29) is 18.6 Å². The van der Waals surface area contributed by atoms with Crippen LogP contribution in [-0.4, -0.2) is 35.1 Å². The van der Waals surface area contributed by atoms with Gasteiger partial charge < -0.3 is 14.4 Å². The lowest BCUT2D eigenvalue weighted by Gasteiger charge is -2.21. The summed E-state index contributed by atoms with van der Waals surface area (Å²) in [5.41, 5.74) is 0. The van der Waals surface area contributed by atoms with E-state index in [1.165, 1.54) is 6.26 Å². The molecule has 1 aromatic rings. The number of amides is 1. The monoisotopic (exact) mass is 195 g/mol. The maximum atomic E-state index is 11.8. The molecular weight excluding hydrogens is 182 g/mol. The molecule has 0 radical (unpaired) electrons. The van der Waals surface area contributed by atoms with Gasteiger partial charge >= 0.3 is 0 Å². The first-order valence-electron chi connectivity index (χ1n) is 4.78. The molecule has 1 N–H and O–H groups in total. The second-order valence-corrected chi connectivity index (χ2v) is 3.45. The molecule has 0 saturated carbocycles. The van der Waals surface area contributed by atoms with Gasteiger partial charge in [0.2, 0.25) is 0 Å². The van der Waals surface area contributed by atoms with Crippen LogP contribution in [0.15, 0.2) is 22.8 Å². The molecule has 0 spiro atoms. The van der Waals surface area contributed by atoms with Crippen LogP contribution in [0.1, 0.15) is 23.4 Å². The van der Waals surface area contributed by atoms with Gasteiger partial charge in [0.25, 0.3) is 5.91 Å². The number of carbonyl (C=O) groups is 1. The zero-order valence-electron chi connectivity index (χ0n) is 7.85. The SMILES string of the molecule is O=C(c1ccco1)N1CCC[C@@H]1CO. The first kappa shape index (κ1) is 9.27. The number of nitrogens with zero attached hydrogens (tertiary/aromatic N) is 1. The van der Waals surface area contributed by atoms with E-state index in [1.54, 1.807) is 17.0 Å². The number of likely N-dealkylation sites (tertiary alicyclic amines) is 1. The minimum Gasteiger partial charge on any atom is -0.459 e. The summed E-state index contributed by atoms with van der Waals surface area (Å²) in [6.45, 7) is 0.747. The minimum atomic E-state index is -0.119. The van der Waals surface area contributed by atoms with Crippen molar-refractivity contribution < 1.29 is 14.3 Å². The van der Waals surface area contributed by atoms with Crippen LogP contribution in [-0.2, 0) is 0 Å². The molecule has 1 aromatic heterocycles. The van der Waals surface area contributed by atoms with Crippen LogP contribution in [0.3, 0.4) is 0 Å². The average molecular weight is 195 g/mol. The van der Waals surface area contributed by atoms with E-state index in [2.05, 4.69) is 0 Å². The summed E-state index contributed by atoms with van der Waals surface area (Å²) < 4.78 is 5.03. The highest BCUT2D eigenvalue weighted by Crippen LogP contribution is 2.19. The maximum Gasteiger partial charge on any atom is 0.289 e. The lowest BCUT2D eigenvalue weighted by Crippen LogP contribution is -2.37. The maximum absolute atomic E-state index is 11.8. The van der Waals surface area contributed by atoms with Crippen molar-refractivity contribution in [3.05, 3.63) is 24.2 Å². The zero-order valence-corrected chi connectivity index (χ0v) is 7.85. The Bertz CT molecular complexity index is 307. The van der Waals surface area contributed by atoms with Crippen molar-refractivity contribution in [1.82, 2.24) is 4.90 Å². The Morgan fingerprint density at radius 3 is 3.21 bits per heavy atom. The fourth-order valence-corrected chi connectivity index (χ4v) is 1.83. The first-order chi connectivity index (χ1) is 6.83. The third-order valence-corrected chi connectivity index (χ3v) is 2.58. The standard InChI is InChI=1S/C10H13NO3/c12-7-8-3-1-5-11(8)10(13)9-4-2-6-14-9/h2,4,6,8,12H,1,3,5,7H2/t8-/m1/s1. The van der Waals surface area contributed by atoms with Gasteiger partial charge in [-0.3, -0.25) is 4.79 Å². The predicted octanol–water partition coefficient (Wildman–Crippen LogP) is 0.876.